The summed E-state index contributed by atoms with van der Waals surface area (Å²) in [5, 5.41) is 0. The number of halogens is 1. The Bertz CT molecular complexity index is 178. The molecule has 1 rings (SSSR count). The maximum absolute atomic E-state index is 11.8. The Morgan fingerprint density at radius 1 is 1.69 bits per heavy atom. The highest BCUT2D eigenvalue weighted by molar-refractivity contribution is 5.64. The zero-order chi connectivity index (χ0) is 9.68. The van der Waals surface area contributed by atoms with E-state index in [9.17, 15) is 9.18 Å². The largest absolute Gasteiger partial charge is 0.445 e. The molecule has 1 aliphatic rings. The van der Waals surface area contributed by atoms with E-state index >= 15 is 0 Å². The molecule has 0 aromatic heterocycles. The Balaban J connectivity index is 2.16. The summed E-state index contributed by atoms with van der Waals surface area (Å²) in [6.07, 6.45) is 0.521. The third kappa shape index (κ3) is 3.59. The van der Waals surface area contributed by atoms with Gasteiger partial charge in [0.05, 0.1) is 6.67 Å². The van der Waals surface area contributed by atoms with Crippen LogP contribution in [-0.2, 0) is 4.74 Å². The molecule has 0 aliphatic carbocycles. The van der Waals surface area contributed by atoms with Gasteiger partial charge in [-0.1, -0.05) is 0 Å². The molecule has 76 valence electrons. The number of alkyl halides is 1. The summed E-state index contributed by atoms with van der Waals surface area (Å²) in [7, 11) is 0. The number of ether oxygens (including phenoxy) is 1. The van der Waals surface area contributed by atoms with E-state index in [4.69, 9.17) is 10.5 Å². The fourth-order valence-electron chi connectivity index (χ4n) is 1.54. The van der Waals surface area contributed by atoms with Gasteiger partial charge in [0.1, 0.15) is 6.10 Å². The predicted molar refractivity (Wildman–Crippen MR) is 46.1 cm³/mol. The zero-order valence-corrected chi connectivity index (χ0v) is 7.54. The highest BCUT2D eigenvalue weighted by Crippen LogP contribution is 2.12. The molecule has 5 heteroatoms. The monoisotopic (exact) mass is 190 g/mol. The van der Waals surface area contributed by atoms with Gasteiger partial charge in [0.15, 0.2) is 0 Å². The molecule has 1 heterocycles. The number of carbonyl (C=O) groups excluding carboxylic acids is 1. The van der Waals surface area contributed by atoms with Crippen LogP contribution in [0.15, 0.2) is 0 Å². The maximum atomic E-state index is 11.8. The van der Waals surface area contributed by atoms with E-state index in [1.54, 1.807) is 0 Å². The second kappa shape index (κ2) is 5.01. The number of hydrogen-bond donors (Lipinski definition) is 1. The highest BCUT2D eigenvalue weighted by atomic mass is 19.1. The van der Waals surface area contributed by atoms with Gasteiger partial charge < -0.3 is 10.5 Å². The van der Waals surface area contributed by atoms with Crippen molar-refractivity contribution in [2.75, 3.05) is 26.3 Å². The number of nitrogens with zero attached hydrogens (tertiary/aromatic N) is 1. The molecule has 0 saturated carbocycles. The van der Waals surface area contributed by atoms with Crippen LogP contribution >= 0.6 is 0 Å². The summed E-state index contributed by atoms with van der Waals surface area (Å²) in [4.78, 5) is 12.5. The zero-order valence-electron chi connectivity index (χ0n) is 7.54. The first kappa shape index (κ1) is 10.2. The summed E-state index contributed by atoms with van der Waals surface area (Å²) in [5.41, 5.74) is 4.88. The Morgan fingerprint density at radius 3 is 3.08 bits per heavy atom. The number of carbonyl (C=O) groups is 1. The minimum absolute atomic E-state index is 0.0999. The molecule has 1 amide bonds. The van der Waals surface area contributed by atoms with Crippen LogP contribution in [0.4, 0.5) is 9.18 Å². The van der Waals surface area contributed by atoms with Crippen molar-refractivity contribution in [3.63, 3.8) is 0 Å². The van der Waals surface area contributed by atoms with E-state index in [2.05, 4.69) is 4.90 Å². The molecule has 1 atom stereocenters. The van der Waals surface area contributed by atoms with Crippen molar-refractivity contribution < 1.29 is 13.9 Å². The molecular weight excluding hydrogens is 175 g/mol. The average Bonchev–Trinajstić information content (AvgIpc) is 2.48. The minimum Gasteiger partial charge on any atom is -0.445 e. The van der Waals surface area contributed by atoms with Gasteiger partial charge >= 0.3 is 6.09 Å². The quantitative estimate of drug-likeness (QED) is 0.703. The number of likely N-dealkylation sites (tertiary alicyclic amines) is 1. The van der Waals surface area contributed by atoms with Crippen molar-refractivity contribution in [2.45, 2.75) is 18.9 Å². The van der Waals surface area contributed by atoms with Crippen LogP contribution in [0.3, 0.4) is 0 Å². The first-order valence-electron chi connectivity index (χ1n) is 4.47. The van der Waals surface area contributed by atoms with Gasteiger partial charge in [0.25, 0.3) is 0 Å². The molecule has 1 unspecified atom stereocenters. The van der Waals surface area contributed by atoms with Gasteiger partial charge in [0.2, 0.25) is 0 Å². The van der Waals surface area contributed by atoms with Crippen molar-refractivity contribution in [3.05, 3.63) is 0 Å². The molecule has 0 radical (unpaired) electrons. The molecule has 1 saturated heterocycles. The SMILES string of the molecule is NC(=O)OC1CCN(CCCF)C1. The highest BCUT2D eigenvalue weighted by Gasteiger charge is 2.24. The van der Waals surface area contributed by atoms with Crippen molar-refractivity contribution in [2.24, 2.45) is 5.73 Å². The van der Waals surface area contributed by atoms with Crippen LogP contribution in [0.2, 0.25) is 0 Å². The second-order valence-corrected chi connectivity index (χ2v) is 3.19. The Kier molecular flexibility index (Phi) is 3.95. The summed E-state index contributed by atoms with van der Waals surface area (Å²) in [5.74, 6) is 0. The lowest BCUT2D eigenvalue weighted by atomic mass is 10.3. The molecule has 0 spiro atoms. The van der Waals surface area contributed by atoms with Gasteiger partial charge in [-0.05, 0) is 12.8 Å². The topological polar surface area (TPSA) is 55.6 Å². The van der Waals surface area contributed by atoms with Crippen LogP contribution in [-0.4, -0.2) is 43.4 Å². The summed E-state index contributed by atoms with van der Waals surface area (Å²) >= 11 is 0. The Morgan fingerprint density at radius 2 is 2.46 bits per heavy atom. The van der Waals surface area contributed by atoms with E-state index in [0.29, 0.717) is 13.0 Å². The van der Waals surface area contributed by atoms with Gasteiger partial charge in [-0.15, -0.1) is 0 Å². The minimum atomic E-state index is -0.725. The molecule has 13 heavy (non-hydrogen) atoms. The van der Waals surface area contributed by atoms with Gasteiger partial charge in [0, 0.05) is 19.6 Å². The first-order chi connectivity index (χ1) is 6.22. The number of amides is 1. The van der Waals surface area contributed by atoms with Gasteiger partial charge in [-0.2, -0.15) is 0 Å². The molecule has 0 bridgehead atoms. The molecular formula is C8H15FN2O2. The molecule has 1 aliphatic heterocycles. The predicted octanol–water partition coefficient (Wildman–Crippen LogP) is 0.516. The second-order valence-electron chi connectivity index (χ2n) is 3.19. The maximum Gasteiger partial charge on any atom is 0.404 e. The van der Waals surface area contributed by atoms with Crippen molar-refractivity contribution in [1.29, 1.82) is 0 Å². The van der Waals surface area contributed by atoms with E-state index < -0.39 is 6.09 Å². The third-order valence-corrected chi connectivity index (χ3v) is 2.12. The Labute approximate surface area is 76.8 Å². The van der Waals surface area contributed by atoms with E-state index in [1.165, 1.54) is 0 Å². The van der Waals surface area contributed by atoms with Crippen LogP contribution in [0.25, 0.3) is 0 Å². The molecule has 0 aromatic carbocycles. The molecule has 0 aromatic rings. The van der Waals surface area contributed by atoms with Crippen LogP contribution < -0.4 is 5.73 Å². The third-order valence-electron chi connectivity index (χ3n) is 2.12. The summed E-state index contributed by atoms with van der Waals surface area (Å²) < 4.78 is 16.6. The fraction of sp³-hybridized carbons (Fsp3) is 0.875. The van der Waals surface area contributed by atoms with Crippen molar-refractivity contribution >= 4 is 6.09 Å². The smallest absolute Gasteiger partial charge is 0.404 e. The van der Waals surface area contributed by atoms with E-state index in [0.717, 1.165) is 19.5 Å². The van der Waals surface area contributed by atoms with Gasteiger partial charge in [-0.3, -0.25) is 9.29 Å². The van der Waals surface area contributed by atoms with Crippen LogP contribution in [0, 0.1) is 0 Å². The van der Waals surface area contributed by atoms with E-state index in [-0.39, 0.29) is 12.8 Å². The standard InChI is InChI=1S/C8H15FN2O2/c9-3-1-4-11-5-2-7(6-11)13-8(10)12/h7H,1-6H2,(H2,10,12). The Hall–Kier alpha value is -0.840. The molecule has 4 nitrogen and oxygen atoms in total. The number of primary amides is 1. The lowest BCUT2D eigenvalue weighted by Crippen LogP contribution is -2.27. The summed E-state index contributed by atoms with van der Waals surface area (Å²) in [6, 6.07) is 0. The lowest BCUT2D eigenvalue weighted by Gasteiger charge is -2.14. The molecule has 2 N–H and O–H groups in total. The fourth-order valence-corrected chi connectivity index (χ4v) is 1.54. The first-order valence-corrected chi connectivity index (χ1v) is 4.47. The van der Waals surface area contributed by atoms with E-state index in [1.807, 2.05) is 0 Å². The number of nitrogens with two attached hydrogens (primary N) is 1. The van der Waals surface area contributed by atoms with Crippen LogP contribution in [0.1, 0.15) is 12.8 Å². The van der Waals surface area contributed by atoms with Crippen LogP contribution in [0.5, 0.6) is 0 Å². The average molecular weight is 190 g/mol. The normalized spacial score (nSPS) is 23.3. The van der Waals surface area contributed by atoms with Gasteiger partial charge in [-0.25, -0.2) is 4.79 Å². The van der Waals surface area contributed by atoms with Crippen molar-refractivity contribution in [3.8, 4) is 0 Å². The van der Waals surface area contributed by atoms with Crippen molar-refractivity contribution in [1.82, 2.24) is 4.90 Å². The molecule has 1 fully saturated rings. The number of hydrogen-bond acceptors (Lipinski definition) is 3. The number of rotatable bonds is 4. The summed E-state index contributed by atoms with van der Waals surface area (Å²) in [6.45, 7) is 1.98. The lowest BCUT2D eigenvalue weighted by molar-refractivity contribution is 0.109.